The zero-order valence-electron chi connectivity index (χ0n) is 8.09. The molecule has 0 aliphatic heterocycles. The summed E-state index contributed by atoms with van der Waals surface area (Å²) >= 11 is 0. The highest BCUT2D eigenvalue weighted by molar-refractivity contribution is 5.40. The molecule has 0 unspecified atom stereocenters. The first-order valence-electron chi connectivity index (χ1n) is 4.44. The molecule has 3 nitrogen and oxygen atoms in total. The fourth-order valence-electron chi connectivity index (χ4n) is 1.23. The molecule has 1 rings (SSSR count). The Labute approximate surface area is 82.3 Å². The van der Waals surface area contributed by atoms with E-state index < -0.39 is 5.82 Å². The molecule has 0 spiro atoms. The van der Waals surface area contributed by atoms with Crippen LogP contribution in [0.5, 0.6) is 11.5 Å². The van der Waals surface area contributed by atoms with Crippen molar-refractivity contribution in [2.45, 2.75) is 12.8 Å². The second-order valence-corrected chi connectivity index (χ2v) is 3.01. The summed E-state index contributed by atoms with van der Waals surface area (Å²) in [5, 5.41) is 9.40. The number of nitrogens with two attached hydrogens (primary N) is 1. The first kappa shape index (κ1) is 10.8. The van der Waals surface area contributed by atoms with Crippen molar-refractivity contribution in [3.8, 4) is 11.5 Å². The second kappa shape index (κ2) is 4.81. The molecule has 0 saturated heterocycles. The van der Waals surface area contributed by atoms with Crippen molar-refractivity contribution in [1.29, 1.82) is 0 Å². The third-order valence-corrected chi connectivity index (χ3v) is 2.00. The third kappa shape index (κ3) is 2.35. The molecule has 14 heavy (non-hydrogen) atoms. The Morgan fingerprint density at radius 3 is 2.79 bits per heavy atom. The number of hydrogen-bond acceptors (Lipinski definition) is 3. The minimum absolute atomic E-state index is 0.0447. The molecule has 0 radical (unpaired) electrons. The van der Waals surface area contributed by atoms with Gasteiger partial charge in [-0.2, -0.15) is 0 Å². The maximum atomic E-state index is 13.0. The lowest BCUT2D eigenvalue weighted by atomic mass is 10.1. The van der Waals surface area contributed by atoms with Crippen molar-refractivity contribution in [3.63, 3.8) is 0 Å². The van der Waals surface area contributed by atoms with Gasteiger partial charge in [-0.15, -0.1) is 0 Å². The lowest BCUT2D eigenvalue weighted by Crippen LogP contribution is -2.01. The van der Waals surface area contributed by atoms with Crippen molar-refractivity contribution >= 4 is 0 Å². The van der Waals surface area contributed by atoms with E-state index in [1.54, 1.807) is 0 Å². The first-order valence-corrected chi connectivity index (χ1v) is 4.44. The highest BCUT2D eigenvalue weighted by atomic mass is 19.1. The number of hydrogen-bond donors (Lipinski definition) is 2. The maximum absolute atomic E-state index is 13.0. The van der Waals surface area contributed by atoms with Crippen molar-refractivity contribution in [1.82, 2.24) is 0 Å². The van der Waals surface area contributed by atoms with Crippen LogP contribution >= 0.6 is 0 Å². The van der Waals surface area contributed by atoms with E-state index in [1.165, 1.54) is 13.2 Å². The first-order chi connectivity index (χ1) is 6.69. The summed E-state index contributed by atoms with van der Waals surface area (Å²) in [5.74, 6) is -0.451. The minimum Gasteiger partial charge on any atom is -0.508 e. The van der Waals surface area contributed by atoms with Gasteiger partial charge in [0.25, 0.3) is 0 Å². The van der Waals surface area contributed by atoms with E-state index in [4.69, 9.17) is 10.5 Å². The zero-order chi connectivity index (χ0) is 10.6. The Balaban J connectivity index is 2.92. The number of methoxy groups -OCH3 is 1. The molecule has 1 aromatic rings. The molecule has 0 heterocycles. The molecule has 0 amide bonds. The predicted molar refractivity (Wildman–Crippen MR) is 52.0 cm³/mol. The third-order valence-electron chi connectivity index (χ3n) is 2.00. The summed E-state index contributed by atoms with van der Waals surface area (Å²) in [5.41, 5.74) is 6.00. The summed E-state index contributed by atoms with van der Waals surface area (Å²) in [6.45, 7) is 0.541. The number of benzene rings is 1. The van der Waals surface area contributed by atoms with Crippen LogP contribution in [0.1, 0.15) is 12.0 Å². The highest BCUT2D eigenvalue weighted by Crippen LogP contribution is 2.27. The standard InChI is InChI=1S/C10H14FNO2/c1-14-10-5-7(3-2-4-12)9(13)6-8(10)11/h5-6,13H,2-4,12H2,1H3. The SMILES string of the molecule is COc1cc(CCCN)c(O)cc1F. The van der Waals surface area contributed by atoms with Gasteiger partial charge in [-0.05, 0) is 31.0 Å². The number of ether oxygens (including phenoxy) is 1. The molecule has 0 fully saturated rings. The number of phenols is 1. The molecule has 3 N–H and O–H groups in total. The van der Waals surface area contributed by atoms with Crippen LogP contribution in [0.4, 0.5) is 4.39 Å². The molecule has 0 bridgehead atoms. The van der Waals surface area contributed by atoms with Crippen molar-refractivity contribution in [3.05, 3.63) is 23.5 Å². The fraction of sp³-hybridized carbons (Fsp3) is 0.400. The Bertz CT molecular complexity index is 315. The summed E-state index contributed by atoms with van der Waals surface area (Å²) in [6.07, 6.45) is 1.38. The van der Waals surface area contributed by atoms with Gasteiger partial charge in [0.15, 0.2) is 11.6 Å². The van der Waals surface area contributed by atoms with Crippen LogP contribution in [-0.4, -0.2) is 18.8 Å². The van der Waals surface area contributed by atoms with Gasteiger partial charge < -0.3 is 15.6 Å². The molecule has 1 aromatic carbocycles. The minimum atomic E-state index is -0.554. The average Bonchev–Trinajstić information content (AvgIpc) is 2.17. The maximum Gasteiger partial charge on any atom is 0.168 e. The van der Waals surface area contributed by atoms with Crippen LogP contribution < -0.4 is 10.5 Å². The summed E-state index contributed by atoms with van der Waals surface area (Å²) < 4.78 is 17.8. The number of phenolic OH excluding ortho intramolecular Hbond substituents is 1. The van der Waals surface area contributed by atoms with Gasteiger partial charge in [-0.3, -0.25) is 0 Å². The highest BCUT2D eigenvalue weighted by Gasteiger charge is 2.08. The topological polar surface area (TPSA) is 55.5 Å². The monoisotopic (exact) mass is 199 g/mol. The van der Waals surface area contributed by atoms with E-state index in [-0.39, 0.29) is 11.5 Å². The quantitative estimate of drug-likeness (QED) is 0.771. The van der Waals surface area contributed by atoms with E-state index in [9.17, 15) is 9.50 Å². The smallest absolute Gasteiger partial charge is 0.168 e. The summed E-state index contributed by atoms with van der Waals surface area (Å²) in [7, 11) is 1.39. The van der Waals surface area contributed by atoms with Crippen LogP contribution in [0.25, 0.3) is 0 Å². The number of halogens is 1. The van der Waals surface area contributed by atoms with Crippen LogP contribution in [0.2, 0.25) is 0 Å². The molecular weight excluding hydrogens is 185 g/mol. The molecule has 0 saturated carbocycles. The van der Waals surface area contributed by atoms with Crippen LogP contribution in [-0.2, 0) is 6.42 Å². The van der Waals surface area contributed by atoms with Crippen molar-refractivity contribution in [2.75, 3.05) is 13.7 Å². The normalized spacial score (nSPS) is 10.2. The Morgan fingerprint density at radius 1 is 1.50 bits per heavy atom. The van der Waals surface area contributed by atoms with Crippen LogP contribution in [0, 0.1) is 5.82 Å². The molecule has 0 aromatic heterocycles. The van der Waals surface area contributed by atoms with Gasteiger partial charge in [-0.25, -0.2) is 4.39 Å². The van der Waals surface area contributed by atoms with Gasteiger partial charge in [0.05, 0.1) is 7.11 Å². The van der Waals surface area contributed by atoms with Crippen LogP contribution in [0.3, 0.4) is 0 Å². The Hall–Kier alpha value is -1.29. The molecule has 0 aliphatic rings. The lowest BCUT2D eigenvalue weighted by Gasteiger charge is -2.07. The van der Waals surface area contributed by atoms with Gasteiger partial charge in [0.2, 0.25) is 0 Å². The van der Waals surface area contributed by atoms with Gasteiger partial charge in [-0.1, -0.05) is 0 Å². The number of rotatable bonds is 4. The zero-order valence-corrected chi connectivity index (χ0v) is 8.09. The number of aryl methyl sites for hydroxylation is 1. The summed E-state index contributed by atoms with van der Waals surface area (Å²) in [6, 6.07) is 2.56. The van der Waals surface area contributed by atoms with E-state index in [0.29, 0.717) is 18.5 Å². The van der Waals surface area contributed by atoms with Crippen LogP contribution in [0.15, 0.2) is 12.1 Å². The van der Waals surface area contributed by atoms with E-state index in [0.717, 1.165) is 12.5 Å². The fourth-order valence-corrected chi connectivity index (χ4v) is 1.23. The molecule has 78 valence electrons. The second-order valence-electron chi connectivity index (χ2n) is 3.01. The summed E-state index contributed by atoms with van der Waals surface area (Å²) in [4.78, 5) is 0. The molecule has 0 atom stereocenters. The van der Waals surface area contributed by atoms with Gasteiger partial charge >= 0.3 is 0 Å². The predicted octanol–water partition coefficient (Wildman–Crippen LogP) is 1.43. The van der Waals surface area contributed by atoms with E-state index >= 15 is 0 Å². The lowest BCUT2D eigenvalue weighted by molar-refractivity contribution is 0.380. The number of aromatic hydroxyl groups is 1. The van der Waals surface area contributed by atoms with E-state index in [2.05, 4.69) is 0 Å². The molecule has 0 aliphatic carbocycles. The largest absolute Gasteiger partial charge is 0.508 e. The van der Waals surface area contributed by atoms with Crippen molar-refractivity contribution in [2.24, 2.45) is 5.73 Å². The van der Waals surface area contributed by atoms with Gasteiger partial charge in [0.1, 0.15) is 5.75 Å². The molecule has 4 heteroatoms. The Kier molecular flexibility index (Phi) is 3.71. The average molecular weight is 199 g/mol. The Morgan fingerprint density at radius 2 is 2.21 bits per heavy atom. The van der Waals surface area contributed by atoms with E-state index in [1.807, 2.05) is 0 Å². The molecular formula is C10H14FNO2. The van der Waals surface area contributed by atoms with Crippen molar-refractivity contribution < 1.29 is 14.2 Å². The van der Waals surface area contributed by atoms with Gasteiger partial charge in [0, 0.05) is 6.07 Å².